The van der Waals surface area contributed by atoms with Crippen LogP contribution in [-0.4, -0.2) is 24.2 Å². The number of nitrogens with one attached hydrogen (secondary N) is 2. The third-order valence-corrected chi connectivity index (χ3v) is 4.43. The van der Waals surface area contributed by atoms with E-state index in [1.54, 1.807) is 24.3 Å². The highest BCUT2D eigenvalue weighted by Crippen LogP contribution is 2.18. The van der Waals surface area contributed by atoms with E-state index in [-0.39, 0.29) is 16.3 Å². The van der Waals surface area contributed by atoms with Gasteiger partial charge in [0.15, 0.2) is 5.82 Å². The molecule has 0 saturated heterocycles. The first-order valence-corrected chi connectivity index (χ1v) is 8.84. The lowest BCUT2D eigenvalue weighted by Gasteiger charge is -2.20. The number of rotatable bonds is 4. The van der Waals surface area contributed by atoms with Crippen LogP contribution in [0.4, 0.5) is 11.6 Å². The Kier molecular flexibility index (Phi) is 4.72. The Bertz CT molecular complexity index is 738. The van der Waals surface area contributed by atoms with Crippen molar-refractivity contribution in [1.29, 1.82) is 0 Å². The topological polar surface area (TPSA) is 84.0 Å². The van der Waals surface area contributed by atoms with Gasteiger partial charge in [-0.25, -0.2) is 8.42 Å². The van der Waals surface area contributed by atoms with E-state index in [4.69, 9.17) is 0 Å². The van der Waals surface area contributed by atoms with Crippen LogP contribution < -0.4 is 10.0 Å². The third kappa shape index (κ3) is 4.67. The molecule has 22 heavy (non-hydrogen) atoms. The fraction of sp³-hybridized carbons (Fsp3) is 0.286. The summed E-state index contributed by atoms with van der Waals surface area (Å²) in [6.07, 6.45) is 0. The summed E-state index contributed by atoms with van der Waals surface area (Å²) in [6.45, 7) is 6.00. The summed E-state index contributed by atoms with van der Waals surface area (Å²) < 4.78 is 27.6. The van der Waals surface area contributed by atoms with Gasteiger partial charge in [-0.2, -0.15) is 0 Å². The van der Waals surface area contributed by atoms with Gasteiger partial charge in [-0.15, -0.1) is 10.2 Å². The molecule has 0 amide bonds. The molecule has 0 atom stereocenters. The quantitative estimate of drug-likeness (QED) is 0.844. The van der Waals surface area contributed by atoms with Crippen LogP contribution in [0.25, 0.3) is 0 Å². The second kappa shape index (κ2) is 6.21. The van der Waals surface area contributed by atoms with E-state index in [0.717, 1.165) is 4.47 Å². The lowest BCUT2D eigenvalue weighted by atomic mass is 10.1. The molecule has 0 aliphatic carbocycles. The van der Waals surface area contributed by atoms with E-state index >= 15 is 0 Å². The van der Waals surface area contributed by atoms with Crippen LogP contribution in [0.5, 0.6) is 0 Å². The van der Waals surface area contributed by atoms with Gasteiger partial charge in [0, 0.05) is 10.0 Å². The summed E-state index contributed by atoms with van der Waals surface area (Å²) in [5.74, 6) is 0.751. The number of anilines is 2. The zero-order valence-electron chi connectivity index (χ0n) is 12.5. The monoisotopic (exact) mass is 384 g/mol. The van der Waals surface area contributed by atoms with E-state index in [9.17, 15) is 8.42 Å². The van der Waals surface area contributed by atoms with Gasteiger partial charge in [-0.3, -0.25) is 4.72 Å². The zero-order valence-corrected chi connectivity index (χ0v) is 14.9. The smallest absolute Gasteiger partial charge is 0.263 e. The third-order valence-electron chi connectivity index (χ3n) is 2.53. The maximum Gasteiger partial charge on any atom is 0.263 e. The van der Waals surface area contributed by atoms with E-state index in [1.807, 2.05) is 20.8 Å². The molecule has 0 spiro atoms. The van der Waals surface area contributed by atoms with Crippen molar-refractivity contribution in [2.75, 3.05) is 10.0 Å². The van der Waals surface area contributed by atoms with E-state index in [1.165, 1.54) is 12.1 Å². The molecule has 2 rings (SSSR count). The van der Waals surface area contributed by atoms with Crippen molar-refractivity contribution in [2.45, 2.75) is 31.2 Å². The number of sulfonamides is 1. The maximum atomic E-state index is 12.2. The minimum atomic E-state index is -3.67. The first-order chi connectivity index (χ1) is 10.2. The number of aromatic nitrogens is 2. The highest BCUT2D eigenvalue weighted by atomic mass is 79.9. The lowest BCUT2D eigenvalue weighted by Crippen LogP contribution is -2.26. The van der Waals surface area contributed by atoms with Gasteiger partial charge < -0.3 is 5.32 Å². The number of benzene rings is 1. The molecule has 0 fully saturated rings. The normalized spacial score (nSPS) is 12.0. The van der Waals surface area contributed by atoms with Crippen LogP contribution in [0.15, 0.2) is 45.8 Å². The summed E-state index contributed by atoms with van der Waals surface area (Å²) in [7, 11) is -3.67. The molecule has 1 aromatic carbocycles. The standard InChI is InChI=1S/C14H17BrN4O2S/c1-14(2,3)16-12-8-9-13(18-17-12)19-22(20,21)11-6-4-10(15)5-7-11/h4-9H,1-3H3,(H,16,17)(H,18,19). The van der Waals surface area contributed by atoms with Crippen molar-refractivity contribution >= 4 is 37.6 Å². The fourth-order valence-corrected chi connectivity index (χ4v) is 2.91. The molecule has 0 aliphatic rings. The lowest BCUT2D eigenvalue weighted by molar-refractivity contribution is 0.600. The molecular weight excluding hydrogens is 368 g/mol. The second-order valence-electron chi connectivity index (χ2n) is 5.74. The summed E-state index contributed by atoms with van der Waals surface area (Å²) >= 11 is 3.27. The summed E-state index contributed by atoms with van der Waals surface area (Å²) in [6, 6.07) is 9.59. The van der Waals surface area contributed by atoms with Gasteiger partial charge in [0.05, 0.1) is 4.90 Å². The van der Waals surface area contributed by atoms with Crippen molar-refractivity contribution < 1.29 is 8.42 Å². The molecule has 0 saturated carbocycles. The number of hydrogen-bond donors (Lipinski definition) is 2. The van der Waals surface area contributed by atoms with Crippen molar-refractivity contribution in [3.8, 4) is 0 Å². The Labute approximate surface area is 138 Å². The average molecular weight is 385 g/mol. The minimum Gasteiger partial charge on any atom is -0.364 e. The highest BCUT2D eigenvalue weighted by Gasteiger charge is 2.15. The summed E-state index contributed by atoms with van der Waals surface area (Å²) in [4.78, 5) is 0.161. The molecule has 2 N–H and O–H groups in total. The van der Waals surface area contributed by atoms with Crippen molar-refractivity contribution in [2.24, 2.45) is 0 Å². The molecular formula is C14H17BrN4O2S. The molecule has 1 heterocycles. The van der Waals surface area contributed by atoms with Crippen molar-refractivity contribution in [1.82, 2.24) is 10.2 Å². The first kappa shape index (κ1) is 16.7. The van der Waals surface area contributed by atoms with E-state index < -0.39 is 10.0 Å². The fourth-order valence-electron chi connectivity index (χ4n) is 1.65. The van der Waals surface area contributed by atoms with Crippen LogP contribution in [0, 0.1) is 0 Å². The maximum absolute atomic E-state index is 12.2. The molecule has 1 aromatic heterocycles. The van der Waals surface area contributed by atoms with Gasteiger partial charge in [-0.1, -0.05) is 15.9 Å². The molecule has 0 radical (unpaired) electrons. The van der Waals surface area contributed by atoms with Gasteiger partial charge in [0.1, 0.15) is 5.82 Å². The number of hydrogen-bond acceptors (Lipinski definition) is 5. The van der Waals surface area contributed by atoms with Gasteiger partial charge in [-0.05, 0) is 57.2 Å². The van der Waals surface area contributed by atoms with E-state index in [2.05, 4.69) is 36.2 Å². The van der Waals surface area contributed by atoms with Crippen LogP contribution in [-0.2, 0) is 10.0 Å². The Morgan fingerprint density at radius 1 is 0.955 bits per heavy atom. The molecule has 0 bridgehead atoms. The van der Waals surface area contributed by atoms with E-state index in [0.29, 0.717) is 5.82 Å². The van der Waals surface area contributed by atoms with Crippen molar-refractivity contribution in [3.05, 3.63) is 40.9 Å². The summed E-state index contributed by atoms with van der Waals surface area (Å²) in [5, 5.41) is 11.0. The van der Waals surface area contributed by atoms with Crippen molar-refractivity contribution in [3.63, 3.8) is 0 Å². The Morgan fingerprint density at radius 2 is 1.50 bits per heavy atom. The largest absolute Gasteiger partial charge is 0.364 e. The SMILES string of the molecule is CC(C)(C)Nc1ccc(NS(=O)(=O)c2ccc(Br)cc2)nn1. The first-order valence-electron chi connectivity index (χ1n) is 6.56. The molecule has 0 unspecified atom stereocenters. The predicted octanol–water partition coefficient (Wildman–Crippen LogP) is 3.25. The molecule has 2 aromatic rings. The predicted molar refractivity (Wildman–Crippen MR) is 90.4 cm³/mol. The Balaban J connectivity index is 2.14. The Morgan fingerprint density at radius 3 is 2.00 bits per heavy atom. The van der Waals surface area contributed by atoms with Gasteiger partial charge in [0.25, 0.3) is 10.0 Å². The molecule has 6 nitrogen and oxygen atoms in total. The van der Waals surface area contributed by atoms with Gasteiger partial charge in [0.2, 0.25) is 0 Å². The zero-order chi connectivity index (χ0) is 16.4. The molecule has 118 valence electrons. The highest BCUT2D eigenvalue weighted by molar-refractivity contribution is 9.10. The van der Waals surface area contributed by atoms with Gasteiger partial charge >= 0.3 is 0 Å². The molecule has 8 heteroatoms. The number of nitrogens with zero attached hydrogens (tertiary/aromatic N) is 2. The van der Waals surface area contributed by atoms with Crippen LogP contribution in [0.1, 0.15) is 20.8 Å². The minimum absolute atomic E-state index is 0.146. The van der Waals surface area contributed by atoms with Crippen LogP contribution in [0.2, 0.25) is 0 Å². The second-order valence-corrected chi connectivity index (χ2v) is 8.34. The summed E-state index contributed by atoms with van der Waals surface area (Å²) in [5.41, 5.74) is -0.146. The van der Waals surface area contributed by atoms with Crippen LogP contribution in [0.3, 0.4) is 0 Å². The number of halogens is 1. The average Bonchev–Trinajstić information content (AvgIpc) is 2.39. The molecule has 0 aliphatic heterocycles. The van der Waals surface area contributed by atoms with Crippen LogP contribution >= 0.6 is 15.9 Å². The Hall–Kier alpha value is -1.67.